The molecule has 4 aromatic rings. The first-order valence-corrected chi connectivity index (χ1v) is 15.9. The number of carbonyl (C=O) groups excluding carboxylic acids is 3. The van der Waals surface area contributed by atoms with E-state index in [-0.39, 0.29) is 35.6 Å². The first kappa shape index (κ1) is 32.1. The van der Waals surface area contributed by atoms with Gasteiger partial charge in [-0.2, -0.15) is 5.10 Å². The van der Waals surface area contributed by atoms with E-state index < -0.39 is 6.04 Å². The quantitative estimate of drug-likeness (QED) is 0.142. The van der Waals surface area contributed by atoms with Gasteiger partial charge in [0.05, 0.1) is 11.9 Å². The molecule has 0 unspecified atom stereocenters. The van der Waals surface area contributed by atoms with Crippen molar-refractivity contribution in [2.45, 2.75) is 57.5 Å². The lowest BCUT2D eigenvalue weighted by Crippen LogP contribution is -2.44. The minimum absolute atomic E-state index is 0.227. The summed E-state index contributed by atoms with van der Waals surface area (Å²) >= 11 is 12.2. The lowest BCUT2D eigenvalue weighted by atomic mass is 9.85. The molecule has 1 heterocycles. The molecule has 0 saturated heterocycles. The highest BCUT2D eigenvalue weighted by molar-refractivity contribution is 6.35. The van der Waals surface area contributed by atoms with Gasteiger partial charge in [-0.25, -0.2) is 4.68 Å². The summed E-state index contributed by atoms with van der Waals surface area (Å²) in [6.45, 7) is 0.227. The highest BCUT2D eigenvalue weighted by atomic mass is 35.5. The second kappa shape index (κ2) is 15.1. The number of nitrogens with zero attached hydrogens (tertiary/aromatic N) is 2. The van der Waals surface area contributed by atoms with Gasteiger partial charge in [0.25, 0.3) is 11.8 Å². The van der Waals surface area contributed by atoms with E-state index >= 15 is 0 Å². The predicted octanol–water partition coefficient (Wildman–Crippen LogP) is 6.79. The first-order valence-electron chi connectivity index (χ1n) is 15.1. The molecule has 234 valence electrons. The Morgan fingerprint density at radius 1 is 0.911 bits per heavy atom. The Morgan fingerprint density at radius 2 is 1.60 bits per heavy atom. The number of hydrogen-bond acceptors (Lipinski definition) is 5. The molecular formula is C34H36Cl2N6O3. The summed E-state index contributed by atoms with van der Waals surface area (Å²) in [4.78, 5) is 39.4. The first-order chi connectivity index (χ1) is 21.8. The third-order valence-electron chi connectivity index (χ3n) is 8.06. The third kappa shape index (κ3) is 8.65. The molecule has 1 atom stereocenters. The smallest absolute Gasteiger partial charge is 0.256 e. The van der Waals surface area contributed by atoms with Gasteiger partial charge in [-0.3, -0.25) is 14.4 Å². The number of carbonyl (C=O) groups is 3. The van der Waals surface area contributed by atoms with Crippen LogP contribution in [0.5, 0.6) is 0 Å². The van der Waals surface area contributed by atoms with Gasteiger partial charge < -0.3 is 21.7 Å². The molecule has 0 bridgehead atoms. The van der Waals surface area contributed by atoms with Crippen molar-refractivity contribution in [1.29, 1.82) is 0 Å². The zero-order valence-corrected chi connectivity index (χ0v) is 26.3. The van der Waals surface area contributed by atoms with Crippen LogP contribution in [0.4, 0.5) is 11.5 Å². The second-order valence-corrected chi connectivity index (χ2v) is 12.2. The van der Waals surface area contributed by atoms with Gasteiger partial charge >= 0.3 is 0 Å². The number of amides is 3. The lowest BCUT2D eigenvalue weighted by Gasteiger charge is -2.24. The molecule has 0 aliphatic heterocycles. The molecule has 1 aliphatic rings. The number of nitrogens with one attached hydrogen (secondary N) is 3. The predicted molar refractivity (Wildman–Crippen MR) is 178 cm³/mol. The summed E-state index contributed by atoms with van der Waals surface area (Å²) in [5.74, 6) is -0.258. The molecule has 3 aromatic carbocycles. The Morgan fingerprint density at radius 3 is 2.29 bits per heavy atom. The van der Waals surface area contributed by atoms with E-state index in [0.717, 1.165) is 30.5 Å². The van der Waals surface area contributed by atoms with E-state index in [2.05, 4.69) is 21.0 Å². The number of rotatable bonds is 11. The molecule has 5 rings (SSSR count). The van der Waals surface area contributed by atoms with Gasteiger partial charge in [0.1, 0.15) is 17.4 Å². The summed E-state index contributed by atoms with van der Waals surface area (Å²) in [5, 5.41) is 13.7. The molecule has 9 nitrogen and oxygen atoms in total. The van der Waals surface area contributed by atoms with Crippen molar-refractivity contribution in [3.8, 4) is 5.69 Å². The second-order valence-electron chi connectivity index (χ2n) is 11.3. The van der Waals surface area contributed by atoms with Crippen molar-refractivity contribution in [1.82, 2.24) is 20.4 Å². The summed E-state index contributed by atoms with van der Waals surface area (Å²) in [6, 6.07) is 20.3. The highest BCUT2D eigenvalue weighted by Gasteiger charge is 2.24. The topological polar surface area (TPSA) is 131 Å². The average molecular weight is 648 g/mol. The number of benzene rings is 3. The Bertz CT molecular complexity index is 1620. The van der Waals surface area contributed by atoms with Crippen LogP contribution < -0.4 is 21.7 Å². The fraction of sp³-hybridized carbons (Fsp3) is 0.294. The van der Waals surface area contributed by atoms with E-state index in [0.29, 0.717) is 33.6 Å². The van der Waals surface area contributed by atoms with Gasteiger partial charge in [-0.1, -0.05) is 85.6 Å². The van der Waals surface area contributed by atoms with Crippen LogP contribution in [0.3, 0.4) is 0 Å². The van der Waals surface area contributed by atoms with Crippen LogP contribution in [0.1, 0.15) is 71.2 Å². The highest BCUT2D eigenvalue weighted by Crippen LogP contribution is 2.28. The SMILES string of the molecule is Nc1c(C(=O)NCc2ccc(C(=O)N[C@@H](CCC3CCCCC3)C(=O)Nc3cc(Cl)cc(Cl)c3)cc2)cnn1-c1ccccc1. The zero-order chi connectivity index (χ0) is 31.8. The largest absolute Gasteiger partial charge is 0.383 e. The number of para-hydroxylation sites is 1. The number of nitrogen functional groups attached to an aromatic ring is 1. The molecule has 5 N–H and O–H groups in total. The van der Waals surface area contributed by atoms with E-state index in [1.165, 1.54) is 30.1 Å². The Kier molecular flexibility index (Phi) is 10.8. The van der Waals surface area contributed by atoms with Crippen molar-refractivity contribution in [2.75, 3.05) is 11.1 Å². The number of nitrogens with two attached hydrogens (primary N) is 1. The van der Waals surface area contributed by atoms with Crippen molar-refractivity contribution in [3.05, 3.63) is 106 Å². The standard InChI is InChI=1S/C34H36Cl2N6O3/c35-25-17-26(36)19-27(18-25)40-34(45)30(16-13-22-7-3-1-4-8-22)41-32(43)24-14-11-23(12-15-24)20-38-33(44)29-21-39-42(31(29)37)28-9-5-2-6-10-28/h2,5-6,9-12,14-15,17-19,21-22,30H,1,3-4,7-8,13,16,20,37H2,(H,38,44)(H,40,45)(H,41,43)/t30-/m0/s1. The Labute approximate surface area is 272 Å². The normalized spacial score (nSPS) is 14.0. The Hall–Kier alpha value is -4.34. The van der Waals surface area contributed by atoms with Crippen LogP contribution in [0, 0.1) is 5.92 Å². The molecule has 0 radical (unpaired) electrons. The lowest BCUT2D eigenvalue weighted by molar-refractivity contribution is -0.118. The minimum Gasteiger partial charge on any atom is -0.383 e. The molecule has 1 aromatic heterocycles. The summed E-state index contributed by atoms with van der Waals surface area (Å²) < 4.78 is 1.51. The molecule has 1 fully saturated rings. The fourth-order valence-corrected chi connectivity index (χ4v) is 6.13. The van der Waals surface area contributed by atoms with Crippen molar-refractivity contribution >= 4 is 52.4 Å². The van der Waals surface area contributed by atoms with E-state index in [1.54, 1.807) is 42.5 Å². The van der Waals surface area contributed by atoms with Crippen molar-refractivity contribution in [2.24, 2.45) is 5.92 Å². The molecule has 11 heteroatoms. The summed E-state index contributed by atoms with van der Waals surface area (Å²) in [5.41, 5.74) is 8.88. The van der Waals surface area contributed by atoms with Gasteiger partial charge in [-0.15, -0.1) is 0 Å². The maximum Gasteiger partial charge on any atom is 0.256 e. The number of halogens is 2. The van der Waals surface area contributed by atoms with Gasteiger partial charge in [0.2, 0.25) is 5.91 Å². The van der Waals surface area contributed by atoms with Gasteiger partial charge in [-0.05, 0) is 66.8 Å². The minimum atomic E-state index is -0.738. The van der Waals surface area contributed by atoms with Crippen molar-refractivity contribution < 1.29 is 14.4 Å². The summed E-state index contributed by atoms with van der Waals surface area (Å²) in [7, 11) is 0. The van der Waals surface area contributed by atoms with Gasteiger partial charge in [0.15, 0.2) is 0 Å². The van der Waals surface area contributed by atoms with Crippen LogP contribution in [-0.2, 0) is 11.3 Å². The van der Waals surface area contributed by atoms with Crippen LogP contribution in [0.25, 0.3) is 5.69 Å². The van der Waals surface area contributed by atoms with Crippen LogP contribution in [0.15, 0.2) is 79.0 Å². The Balaban J connectivity index is 1.20. The monoisotopic (exact) mass is 646 g/mol. The zero-order valence-electron chi connectivity index (χ0n) is 24.8. The number of hydrogen-bond donors (Lipinski definition) is 4. The summed E-state index contributed by atoms with van der Waals surface area (Å²) in [6.07, 6.45) is 8.75. The maximum absolute atomic E-state index is 13.3. The van der Waals surface area contributed by atoms with Crippen LogP contribution in [-0.4, -0.2) is 33.5 Å². The molecule has 45 heavy (non-hydrogen) atoms. The molecule has 0 spiro atoms. The number of anilines is 2. The van der Waals surface area contributed by atoms with E-state index in [4.69, 9.17) is 28.9 Å². The fourth-order valence-electron chi connectivity index (χ4n) is 5.60. The number of aromatic nitrogens is 2. The molecular weight excluding hydrogens is 611 g/mol. The molecule has 1 saturated carbocycles. The average Bonchev–Trinajstić information content (AvgIpc) is 3.43. The molecule has 3 amide bonds. The van der Waals surface area contributed by atoms with E-state index in [9.17, 15) is 14.4 Å². The maximum atomic E-state index is 13.3. The van der Waals surface area contributed by atoms with Crippen molar-refractivity contribution in [3.63, 3.8) is 0 Å². The van der Waals surface area contributed by atoms with Gasteiger partial charge in [0, 0.05) is 27.8 Å². The van der Waals surface area contributed by atoms with E-state index in [1.807, 2.05) is 30.3 Å². The molecule has 1 aliphatic carbocycles. The third-order valence-corrected chi connectivity index (χ3v) is 8.50. The van der Waals surface area contributed by atoms with Crippen LogP contribution in [0.2, 0.25) is 10.0 Å². The van der Waals surface area contributed by atoms with Crippen LogP contribution >= 0.6 is 23.2 Å².